The van der Waals surface area contributed by atoms with Crippen molar-refractivity contribution in [1.82, 2.24) is 0 Å². The zero-order valence-electron chi connectivity index (χ0n) is 11.5. The largest absolute Gasteiger partial charge is 0.457 e. The van der Waals surface area contributed by atoms with Crippen molar-refractivity contribution in [2.24, 2.45) is 5.73 Å². The molecule has 0 spiro atoms. The average molecular weight is 290 g/mol. The van der Waals surface area contributed by atoms with E-state index in [1.807, 2.05) is 19.1 Å². The molecule has 0 heterocycles. The van der Waals surface area contributed by atoms with Gasteiger partial charge >= 0.3 is 5.69 Å². The Balaban J connectivity index is 2.15. The molecule has 0 radical (unpaired) electrons. The van der Waals surface area contributed by atoms with Gasteiger partial charge in [0, 0.05) is 18.2 Å². The molecule has 0 fully saturated rings. The Bertz CT molecular complexity index is 644. The molecule has 1 atom stereocenters. The normalized spacial score (nSPS) is 12.0. The van der Waals surface area contributed by atoms with Gasteiger partial charge in [-0.15, -0.1) is 0 Å². The zero-order valence-corrected chi connectivity index (χ0v) is 11.5. The number of benzene rings is 2. The van der Waals surface area contributed by atoms with Crippen LogP contribution in [0.5, 0.6) is 11.5 Å². The number of rotatable bonds is 5. The highest BCUT2D eigenvalue weighted by atomic mass is 19.1. The first-order chi connectivity index (χ1) is 10.0. The Morgan fingerprint density at radius 2 is 1.86 bits per heavy atom. The molecule has 0 saturated heterocycles. The van der Waals surface area contributed by atoms with E-state index >= 15 is 0 Å². The minimum absolute atomic E-state index is 0.0316. The van der Waals surface area contributed by atoms with Crippen LogP contribution in [0.25, 0.3) is 0 Å². The van der Waals surface area contributed by atoms with E-state index < -0.39 is 16.4 Å². The number of nitrogens with zero attached hydrogens (tertiary/aromatic N) is 1. The fraction of sp³-hybridized carbons (Fsp3) is 0.200. The van der Waals surface area contributed by atoms with Crippen molar-refractivity contribution in [2.75, 3.05) is 0 Å². The molecule has 0 bridgehead atoms. The van der Waals surface area contributed by atoms with Crippen LogP contribution in [-0.2, 0) is 0 Å². The molecule has 2 rings (SSSR count). The first-order valence-electron chi connectivity index (χ1n) is 6.48. The molecule has 6 heteroatoms. The van der Waals surface area contributed by atoms with Gasteiger partial charge in [0.15, 0.2) is 0 Å². The molecule has 0 saturated carbocycles. The van der Waals surface area contributed by atoms with Gasteiger partial charge in [-0.3, -0.25) is 10.1 Å². The van der Waals surface area contributed by atoms with E-state index in [0.717, 1.165) is 24.1 Å². The van der Waals surface area contributed by atoms with Crippen molar-refractivity contribution in [3.05, 3.63) is 64.0 Å². The summed E-state index contributed by atoms with van der Waals surface area (Å²) in [5.74, 6) is -0.219. The molecule has 0 aliphatic rings. The summed E-state index contributed by atoms with van der Waals surface area (Å²) in [7, 11) is 0. The van der Waals surface area contributed by atoms with Crippen LogP contribution >= 0.6 is 0 Å². The number of nitro groups is 1. The lowest BCUT2D eigenvalue weighted by molar-refractivity contribution is -0.387. The standard InChI is InChI=1S/C15H15FN2O3/c1-2-14(17)10-3-5-11(6-4-10)21-12-7-8-15(18(19)20)13(16)9-12/h3-9,14H,2,17H2,1H3/t14-/m1/s1. The van der Waals surface area contributed by atoms with Crippen LogP contribution in [-0.4, -0.2) is 4.92 Å². The molecule has 2 aromatic rings. The van der Waals surface area contributed by atoms with Gasteiger partial charge in [-0.25, -0.2) is 0 Å². The molecule has 0 unspecified atom stereocenters. The molecule has 0 aliphatic heterocycles. The lowest BCUT2D eigenvalue weighted by atomic mass is 10.1. The maximum Gasteiger partial charge on any atom is 0.305 e. The third-order valence-electron chi connectivity index (χ3n) is 3.10. The maximum atomic E-state index is 13.5. The summed E-state index contributed by atoms with van der Waals surface area (Å²) in [5.41, 5.74) is 6.32. The monoisotopic (exact) mass is 290 g/mol. The van der Waals surface area contributed by atoms with Crippen molar-refractivity contribution in [2.45, 2.75) is 19.4 Å². The fourth-order valence-electron chi connectivity index (χ4n) is 1.85. The Kier molecular flexibility index (Phi) is 4.49. The summed E-state index contributed by atoms with van der Waals surface area (Å²) < 4.78 is 18.9. The number of nitro benzene ring substituents is 1. The van der Waals surface area contributed by atoms with E-state index in [4.69, 9.17) is 10.5 Å². The number of nitrogens with two attached hydrogens (primary N) is 1. The first kappa shape index (κ1) is 14.9. The Morgan fingerprint density at radius 1 is 1.24 bits per heavy atom. The fourth-order valence-corrected chi connectivity index (χ4v) is 1.85. The SMILES string of the molecule is CC[C@@H](N)c1ccc(Oc2ccc([N+](=O)[O-])c(F)c2)cc1. The van der Waals surface area contributed by atoms with E-state index in [9.17, 15) is 14.5 Å². The minimum atomic E-state index is -0.929. The van der Waals surface area contributed by atoms with E-state index in [1.165, 1.54) is 6.07 Å². The van der Waals surface area contributed by atoms with Crippen LogP contribution < -0.4 is 10.5 Å². The van der Waals surface area contributed by atoms with Crippen LogP contribution in [0.4, 0.5) is 10.1 Å². The highest BCUT2D eigenvalue weighted by molar-refractivity contribution is 5.40. The van der Waals surface area contributed by atoms with E-state index in [-0.39, 0.29) is 11.8 Å². The van der Waals surface area contributed by atoms with Gasteiger partial charge in [0.25, 0.3) is 0 Å². The molecule has 0 aliphatic carbocycles. The van der Waals surface area contributed by atoms with E-state index in [1.54, 1.807) is 12.1 Å². The third-order valence-corrected chi connectivity index (χ3v) is 3.10. The summed E-state index contributed by atoms with van der Waals surface area (Å²) in [4.78, 5) is 9.76. The van der Waals surface area contributed by atoms with Crippen LogP contribution in [0.2, 0.25) is 0 Å². The van der Waals surface area contributed by atoms with Crippen LogP contribution in [0.15, 0.2) is 42.5 Å². The van der Waals surface area contributed by atoms with Gasteiger partial charge in [0.1, 0.15) is 11.5 Å². The van der Waals surface area contributed by atoms with E-state index in [0.29, 0.717) is 5.75 Å². The van der Waals surface area contributed by atoms with Crippen LogP contribution in [0.1, 0.15) is 24.9 Å². The second-order valence-electron chi connectivity index (χ2n) is 4.56. The molecular formula is C15H15FN2O3. The zero-order chi connectivity index (χ0) is 15.4. The summed E-state index contributed by atoms with van der Waals surface area (Å²) >= 11 is 0. The maximum absolute atomic E-state index is 13.5. The summed E-state index contributed by atoms with van der Waals surface area (Å²) in [5, 5.41) is 10.5. The van der Waals surface area contributed by atoms with Crippen LogP contribution in [0, 0.1) is 15.9 Å². The summed E-state index contributed by atoms with van der Waals surface area (Å²) in [6.07, 6.45) is 0.827. The predicted molar refractivity (Wildman–Crippen MR) is 76.8 cm³/mol. The van der Waals surface area contributed by atoms with Crippen molar-refractivity contribution >= 4 is 5.69 Å². The molecule has 0 aromatic heterocycles. The Hall–Kier alpha value is -2.47. The summed E-state index contributed by atoms with van der Waals surface area (Å²) in [6.45, 7) is 1.99. The highest BCUT2D eigenvalue weighted by Gasteiger charge is 2.14. The molecule has 2 aromatic carbocycles. The van der Waals surface area contributed by atoms with Gasteiger partial charge in [0.2, 0.25) is 5.82 Å². The number of hydrogen-bond donors (Lipinski definition) is 1. The van der Waals surface area contributed by atoms with Gasteiger partial charge in [0.05, 0.1) is 4.92 Å². The predicted octanol–water partition coefficient (Wildman–Crippen LogP) is 3.94. The van der Waals surface area contributed by atoms with Gasteiger partial charge in [-0.1, -0.05) is 19.1 Å². The molecule has 5 nitrogen and oxygen atoms in total. The number of halogens is 1. The quantitative estimate of drug-likeness (QED) is 0.668. The smallest absolute Gasteiger partial charge is 0.305 e. The lowest BCUT2D eigenvalue weighted by Crippen LogP contribution is -2.08. The van der Waals surface area contributed by atoms with Crippen molar-refractivity contribution in [1.29, 1.82) is 0 Å². The van der Waals surface area contributed by atoms with Gasteiger partial charge in [-0.2, -0.15) is 4.39 Å². The van der Waals surface area contributed by atoms with Crippen molar-refractivity contribution in [3.63, 3.8) is 0 Å². The average Bonchev–Trinajstić information content (AvgIpc) is 2.47. The topological polar surface area (TPSA) is 78.4 Å². The molecular weight excluding hydrogens is 275 g/mol. The van der Waals surface area contributed by atoms with Crippen molar-refractivity contribution in [3.8, 4) is 11.5 Å². The molecule has 21 heavy (non-hydrogen) atoms. The summed E-state index contributed by atoms with van der Waals surface area (Å²) in [6, 6.07) is 10.5. The third kappa shape index (κ3) is 3.55. The molecule has 110 valence electrons. The van der Waals surface area contributed by atoms with Crippen LogP contribution in [0.3, 0.4) is 0 Å². The number of hydrogen-bond acceptors (Lipinski definition) is 4. The van der Waals surface area contributed by atoms with Crippen molar-refractivity contribution < 1.29 is 14.1 Å². The minimum Gasteiger partial charge on any atom is -0.457 e. The molecule has 2 N–H and O–H groups in total. The Morgan fingerprint density at radius 3 is 2.38 bits per heavy atom. The second kappa shape index (κ2) is 6.32. The Labute approximate surface area is 121 Å². The second-order valence-corrected chi connectivity index (χ2v) is 4.56. The van der Waals surface area contributed by atoms with E-state index in [2.05, 4.69) is 0 Å². The number of ether oxygens (including phenoxy) is 1. The molecule has 0 amide bonds. The van der Waals surface area contributed by atoms with Gasteiger partial charge < -0.3 is 10.5 Å². The highest BCUT2D eigenvalue weighted by Crippen LogP contribution is 2.27. The lowest BCUT2D eigenvalue weighted by Gasteiger charge is -2.10. The van der Waals surface area contributed by atoms with Gasteiger partial charge in [-0.05, 0) is 30.2 Å². The first-order valence-corrected chi connectivity index (χ1v) is 6.48.